The van der Waals surface area contributed by atoms with E-state index in [-0.39, 0.29) is 0 Å². The van der Waals surface area contributed by atoms with E-state index in [0.717, 1.165) is 0 Å². The normalized spacial score (nSPS) is 6.86. The molecule has 7 heavy (non-hydrogen) atoms. The fraction of sp³-hybridized carbons (Fsp3) is 0.500. The average molecular weight is 150 g/mol. The van der Waals surface area contributed by atoms with Crippen LogP contribution in [0.15, 0.2) is 6.08 Å². The number of halogens is 2. The zero-order chi connectivity index (χ0) is 6.12. The molecule has 0 amide bonds. The van der Waals surface area contributed by atoms with Crippen LogP contribution in [-0.2, 0) is 0 Å². The Hall–Kier alpha value is 1.09. The zero-order valence-corrected chi connectivity index (χ0v) is 7.47. The number of rotatable bonds is 0. The topological polar surface area (TPSA) is 0 Å². The Kier molecular flexibility index (Phi) is 24.6. The highest BCUT2D eigenvalue weighted by molar-refractivity contribution is 7.22. The van der Waals surface area contributed by atoms with E-state index in [0.29, 0.717) is 0 Å². The molecule has 0 fully saturated rings. The van der Waals surface area contributed by atoms with Crippen LogP contribution in [0.1, 0.15) is 13.8 Å². The lowest BCUT2D eigenvalue weighted by Crippen LogP contribution is -1.36. The van der Waals surface area contributed by atoms with Gasteiger partial charge in [0.1, 0.15) is 0 Å². The van der Waals surface area contributed by atoms with Gasteiger partial charge in [-0.25, -0.2) is 0 Å². The minimum Gasteiger partial charge on any atom is -0.309 e. The first kappa shape index (κ1) is 11.0. The molecule has 1 radical (unpaired) electrons. The molecule has 0 spiro atoms. The molecule has 3 heteroatoms. The van der Waals surface area contributed by atoms with Crippen molar-refractivity contribution in [2.24, 2.45) is 0 Å². The molecule has 0 rings (SSSR count). The first-order valence-corrected chi connectivity index (χ1v) is 6.18. The minimum absolute atomic E-state index is 0.639. The van der Waals surface area contributed by atoms with E-state index < -0.39 is 18.2 Å². The van der Waals surface area contributed by atoms with Crippen LogP contribution in [0.25, 0.3) is 0 Å². The lowest BCUT2D eigenvalue weighted by molar-refractivity contribution is 1.58. The summed E-state index contributed by atoms with van der Waals surface area (Å²) in [5.74, 6) is 0. The number of hydrogen-bond acceptors (Lipinski definition) is 0. The maximum Gasteiger partial charge on any atom is 0.618 e. The third-order valence-electron chi connectivity index (χ3n) is 0.289. The van der Waals surface area contributed by atoms with Crippen molar-refractivity contribution in [2.45, 2.75) is 13.8 Å². The van der Waals surface area contributed by atoms with Crippen LogP contribution in [0.5, 0.6) is 0 Å². The van der Waals surface area contributed by atoms with E-state index in [1.54, 1.807) is 0 Å². The Labute approximate surface area is 62.2 Å². The van der Waals surface area contributed by atoms with E-state index in [1.165, 1.54) is 0 Å². The molecular weight excluding hydrogens is 143 g/mol. The lowest BCUT2D eigenvalue weighted by Gasteiger charge is -1.47. The van der Waals surface area contributed by atoms with Crippen molar-refractivity contribution in [3.05, 3.63) is 12.2 Å². The summed E-state index contributed by atoms with van der Waals surface area (Å²) in [6.45, 7) is 3.82. The fourth-order valence-electron chi connectivity index (χ4n) is 0. The van der Waals surface area contributed by atoms with Gasteiger partial charge in [0.15, 0.2) is 0 Å². The molecule has 0 aliphatic rings. The summed E-state index contributed by atoms with van der Waals surface area (Å²) < 4.78 is 0. The van der Waals surface area contributed by atoms with Crippen LogP contribution in [0.3, 0.4) is 0 Å². The van der Waals surface area contributed by atoms with Gasteiger partial charge in [-0.2, -0.15) is 0 Å². The maximum atomic E-state index is 4.90. The largest absolute Gasteiger partial charge is 0.618 e. The summed E-state index contributed by atoms with van der Waals surface area (Å²) in [6.07, 6.45) is 4.68. The second-order valence-corrected chi connectivity index (χ2v) is 3.30. The monoisotopic (exact) mass is 149 g/mol. The Morgan fingerprint density at radius 2 is 1.71 bits per heavy atom. The molecule has 39 valence electrons. The van der Waals surface area contributed by atoms with E-state index >= 15 is 0 Å². The van der Waals surface area contributed by atoms with Crippen molar-refractivity contribution < 1.29 is 0 Å². The molecule has 0 N–H and O–H groups in total. The molecule has 0 aliphatic heterocycles. The second-order valence-electron chi connectivity index (χ2n) is 0.678. The Bertz CT molecular complexity index is 32.7. The van der Waals surface area contributed by atoms with Crippen molar-refractivity contribution in [1.29, 1.82) is 0 Å². The third-order valence-corrected chi connectivity index (χ3v) is 0.289. The smallest absolute Gasteiger partial charge is 0.309 e. The Balaban J connectivity index is 0. The quantitative estimate of drug-likeness (QED) is 0.465. The predicted molar refractivity (Wildman–Crippen MR) is 36.6 cm³/mol. The van der Waals surface area contributed by atoms with Crippen LogP contribution in [-0.4, -0.2) is 18.2 Å². The molecule has 0 aromatic heterocycles. The highest BCUT2D eigenvalue weighted by Crippen LogP contribution is 1.67. The molecule has 0 atom stereocenters. The second kappa shape index (κ2) is 15.7. The standard InChI is InChI=1S/C4H7.2ClH.Mg/c1-3-4-2;;;/h3H,1-2H3;2*1H;/q;;;+2/p-2. The van der Waals surface area contributed by atoms with Crippen LogP contribution in [0, 0.1) is 6.08 Å². The minimum atomic E-state index is -0.639. The summed E-state index contributed by atoms with van der Waals surface area (Å²) in [6, 6.07) is 0. The molecular formula is C4H7Cl2Mg. The van der Waals surface area contributed by atoms with Crippen molar-refractivity contribution in [1.82, 2.24) is 0 Å². The van der Waals surface area contributed by atoms with Gasteiger partial charge in [0.2, 0.25) is 0 Å². The number of hydrogen-bond donors (Lipinski definition) is 0. The maximum absolute atomic E-state index is 4.90. The van der Waals surface area contributed by atoms with Gasteiger partial charge in [0.25, 0.3) is 0 Å². The molecule has 0 heterocycles. The first-order valence-electron chi connectivity index (χ1n) is 1.90. The molecule has 0 saturated carbocycles. The Morgan fingerprint density at radius 1 is 1.57 bits per heavy atom. The summed E-state index contributed by atoms with van der Waals surface area (Å²) in [5.41, 5.74) is 0. The Morgan fingerprint density at radius 3 is 1.71 bits per heavy atom. The summed E-state index contributed by atoms with van der Waals surface area (Å²) in [5, 5.41) is 0. The number of allylic oxidation sites excluding steroid dienone is 2. The van der Waals surface area contributed by atoms with Gasteiger partial charge in [-0.3, -0.25) is 0 Å². The van der Waals surface area contributed by atoms with Crippen molar-refractivity contribution in [3.63, 3.8) is 0 Å². The van der Waals surface area contributed by atoms with Crippen LogP contribution in [0.4, 0.5) is 0 Å². The first-order chi connectivity index (χ1) is 3.33. The van der Waals surface area contributed by atoms with Gasteiger partial charge in [-0.15, -0.1) is 0 Å². The fourth-order valence-corrected chi connectivity index (χ4v) is 0. The van der Waals surface area contributed by atoms with E-state index in [9.17, 15) is 0 Å². The van der Waals surface area contributed by atoms with Crippen LogP contribution in [0.2, 0.25) is 0 Å². The van der Waals surface area contributed by atoms with E-state index in [1.807, 2.05) is 19.9 Å². The van der Waals surface area contributed by atoms with E-state index in [2.05, 4.69) is 6.08 Å². The molecule has 0 saturated heterocycles. The van der Waals surface area contributed by atoms with E-state index in [4.69, 9.17) is 18.1 Å². The van der Waals surface area contributed by atoms with Gasteiger partial charge >= 0.3 is 18.2 Å². The molecule has 0 aromatic rings. The lowest BCUT2D eigenvalue weighted by atomic mass is 10.6. The van der Waals surface area contributed by atoms with Crippen molar-refractivity contribution in [2.75, 3.05) is 0 Å². The van der Waals surface area contributed by atoms with Gasteiger partial charge in [0.05, 0.1) is 0 Å². The van der Waals surface area contributed by atoms with Crippen molar-refractivity contribution in [3.8, 4) is 0 Å². The van der Waals surface area contributed by atoms with Gasteiger partial charge in [0, 0.05) is 0 Å². The highest BCUT2D eigenvalue weighted by Gasteiger charge is 1.64. The van der Waals surface area contributed by atoms with Crippen LogP contribution >= 0.6 is 18.1 Å². The van der Waals surface area contributed by atoms with Crippen molar-refractivity contribution >= 4 is 36.3 Å². The molecule has 0 nitrogen and oxygen atoms in total. The predicted octanol–water partition coefficient (Wildman–Crippen LogP) is 2.38. The van der Waals surface area contributed by atoms with Gasteiger partial charge in [-0.1, -0.05) is 12.2 Å². The van der Waals surface area contributed by atoms with Gasteiger partial charge < -0.3 is 18.1 Å². The van der Waals surface area contributed by atoms with Gasteiger partial charge in [-0.05, 0) is 13.8 Å². The average Bonchev–Trinajstić information content (AvgIpc) is 1.69. The highest BCUT2D eigenvalue weighted by atomic mass is 35.6. The SMILES string of the molecule is C[C]=CC.[Cl][Mg][Cl]. The van der Waals surface area contributed by atoms with Crippen LogP contribution < -0.4 is 0 Å². The third kappa shape index (κ3) is 42.1. The molecule has 0 aromatic carbocycles. The zero-order valence-electron chi connectivity index (χ0n) is 4.54. The molecule has 0 aliphatic carbocycles. The summed E-state index contributed by atoms with van der Waals surface area (Å²) >= 11 is -0.639. The summed E-state index contributed by atoms with van der Waals surface area (Å²) in [4.78, 5) is 0. The molecule has 0 unspecified atom stereocenters. The molecule has 0 bridgehead atoms. The summed E-state index contributed by atoms with van der Waals surface area (Å²) in [7, 11) is 9.81.